The largest absolute Gasteiger partial charge is 0.377 e. The topological polar surface area (TPSA) is 47.3 Å². The van der Waals surface area contributed by atoms with Crippen molar-refractivity contribution in [3.8, 4) is 0 Å². The van der Waals surface area contributed by atoms with Gasteiger partial charge >= 0.3 is 0 Å². The minimum Gasteiger partial charge on any atom is -0.377 e. The minimum absolute atomic E-state index is 0.346. The summed E-state index contributed by atoms with van der Waals surface area (Å²) in [6, 6.07) is 7.06. The van der Waals surface area contributed by atoms with Crippen molar-refractivity contribution >= 4 is 11.6 Å². The SMILES string of the molecule is COCn1ccnc1C(C)(O)c1ccc(Cl)cc1. The summed E-state index contributed by atoms with van der Waals surface area (Å²) in [6.45, 7) is 2.05. The van der Waals surface area contributed by atoms with Crippen LogP contribution in [0.25, 0.3) is 0 Å². The predicted molar refractivity (Wildman–Crippen MR) is 69.4 cm³/mol. The summed E-state index contributed by atoms with van der Waals surface area (Å²) < 4.78 is 6.83. The Labute approximate surface area is 111 Å². The van der Waals surface area contributed by atoms with Gasteiger partial charge < -0.3 is 14.4 Å². The van der Waals surface area contributed by atoms with Gasteiger partial charge in [0.05, 0.1) is 0 Å². The third-order valence-electron chi connectivity index (χ3n) is 2.83. The van der Waals surface area contributed by atoms with E-state index in [1.807, 2.05) is 0 Å². The van der Waals surface area contributed by atoms with Crippen molar-refractivity contribution in [2.45, 2.75) is 19.3 Å². The molecular weight excluding hydrogens is 252 g/mol. The number of benzene rings is 1. The number of imidazole rings is 1. The molecule has 1 N–H and O–H groups in total. The normalized spacial score (nSPS) is 14.4. The van der Waals surface area contributed by atoms with Gasteiger partial charge in [-0.2, -0.15) is 0 Å². The molecule has 0 radical (unpaired) electrons. The maximum absolute atomic E-state index is 10.7. The van der Waals surface area contributed by atoms with E-state index in [4.69, 9.17) is 16.3 Å². The van der Waals surface area contributed by atoms with Gasteiger partial charge in [0.15, 0.2) is 0 Å². The van der Waals surface area contributed by atoms with Crippen LogP contribution in [0.15, 0.2) is 36.7 Å². The predicted octanol–water partition coefficient (Wildman–Crippen LogP) is 2.40. The van der Waals surface area contributed by atoms with E-state index in [1.54, 1.807) is 55.3 Å². The maximum Gasteiger partial charge on any atom is 0.147 e. The second-order valence-corrected chi connectivity index (χ2v) is 4.65. The summed E-state index contributed by atoms with van der Waals surface area (Å²) >= 11 is 5.85. The Morgan fingerprint density at radius 2 is 2.06 bits per heavy atom. The fraction of sp³-hybridized carbons (Fsp3) is 0.308. The van der Waals surface area contributed by atoms with Crippen LogP contribution in [0.5, 0.6) is 0 Å². The second kappa shape index (κ2) is 5.10. The number of hydrogen-bond donors (Lipinski definition) is 1. The van der Waals surface area contributed by atoms with Crippen molar-refractivity contribution in [1.82, 2.24) is 9.55 Å². The van der Waals surface area contributed by atoms with Crippen LogP contribution in [-0.4, -0.2) is 21.8 Å². The number of nitrogens with zero attached hydrogens (tertiary/aromatic N) is 2. The monoisotopic (exact) mass is 266 g/mol. The lowest BCUT2D eigenvalue weighted by Gasteiger charge is -2.24. The molecule has 1 aromatic carbocycles. The summed E-state index contributed by atoms with van der Waals surface area (Å²) in [5.74, 6) is 0.534. The van der Waals surface area contributed by atoms with Crippen molar-refractivity contribution in [3.05, 3.63) is 53.1 Å². The Balaban J connectivity index is 2.40. The van der Waals surface area contributed by atoms with Gasteiger partial charge in [0.1, 0.15) is 18.2 Å². The molecule has 1 atom stereocenters. The summed E-state index contributed by atoms with van der Waals surface area (Å²) in [6.07, 6.45) is 3.40. The number of methoxy groups -OCH3 is 1. The highest BCUT2D eigenvalue weighted by Crippen LogP contribution is 2.28. The fourth-order valence-corrected chi connectivity index (χ4v) is 2.01. The number of rotatable bonds is 4. The van der Waals surface area contributed by atoms with Gasteiger partial charge in [-0.05, 0) is 24.6 Å². The van der Waals surface area contributed by atoms with Crippen LogP contribution in [0.1, 0.15) is 18.3 Å². The van der Waals surface area contributed by atoms with Gasteiger partial charge in [0.2, 0.25) is 0 Å². The molecular formula is C13H15ClN2O2. The zero-order valence-electron chi connectivity index (χ0n) is 10.3. The number of hydrogen-bond acceptors (Lipinski definition) is 3. The first-order chi connectivity index (χ1) is 8.55. The standard InChI is InChI=1S/C13H15ClN2O2/c1-13(17,10-3-5-11(14)6-4-10)12-15-7-8-16(12)9-18-2/h3-8,17H,9H2,1-2H3. The van der Waals surface area contributed by atoms with Gasteiger partial charge in [-0.15, -0.1) is 0 Å². The molecule has 5 heteroatoms. The molecule has 4 nitrogen and oxygen atoms in total. The summed E-state index contributed by atoms with van der Waals surface area (Å²) in [5, 5.41) is 11.3. The van der Waals surface area contributed by atoms with Crippen LogP contribution in [0.4, 0.5) is 0 Å². The van der Waals surface area contributed by atoms with Crippen molar-refractivity contribution in [2.24, 2.45) is 0 Å². The molecule has 0 bridgehead atoms. The van der Waals surface area contributed by atoms with E-state index in [0.29, 0.717) is 17.6 Å². The van der Waals surface area contributed by atoms with E-state index < -0.39 is 5.60 Å². The van der Waals surface area contributed by atoms with Crippen LogP contribution < -0.4 is 0 Å². The quantitative estimate of drug-likeness (QED) is 0.924. The van der Waals surface area contributed by atoms with E-state index in [1.165, 1.54) is 0 Å². The molecule has 2 rings (SSSR count). The van der Waals surface area contributed by atoms with Gasteiger partial charge in [-0.1, -0.05) is 23.7 Å². The van der Waals surface area contributed by atoms with Crippen molar-refractivity contribution in [3.63, 3.8) is 0 Å². The van der Waals surface area contributed by atoms with Crippen LogP contribution in [0.2, 0.25) is 5.02 Å². The molecule has 1 heterocycles. The number of halogens is 1. The third-order valence-corrected chi connectivity index (χ3v) is 3.08. The lowest BCUT2D eigenvalue weighted by Crippen LogP contribution is -2.27. The lowest BCUT2D eigenvalue weighted by molar-refractivity contribution is 0.0690. The van der Waals surface area contributed by atoms with E-state index in [0.717, 1.165) is 5.56 Å². The molecule has 0 saturated heterocycles. The average molecular weight is 267 g/mol. The van der Waals surface area contributed by atoms with Crippen molar-refractivity contribution < 1.29 is 9.84 Å². The molecule has 2 aromatic rings. The van der Waals surface area contributed by atoms with Gasteiger partial charge in [0.25, 0.3) is 0 Å². The summed E-state index contributed by atoms with van der Waals surface area (Å²) in [7, 11) is 1.60. The molecule has 96 valence electrons. The third kappa shape index (κ3) is 2.41. The van der Waals surface area contributed by atoms with Crippen LogP contribution >= 0.6 is 11.6 Å². The van der Waals surface area contributed by atoms with Crippen LogP contribution in [0, 0.1) is 0 Å². The van der Waals surface area contributed by atoms with Crippen molar-refractivity contribution in [1.29, 1.82) is 0 Å². The molecule has 1 unspecified atom stereocenters. The summed E-state index contributed by atoms with van der Waals surface area (Å²) in [5.41, 5.74) is -0.456. The van der Waals surface area contributed by atoms with E-state index >= 15 is 0 Å². The first-order valence-electron chi connectivity index (χ1n) is 5.54. The Kier molecular flexibility index (Phi) is 3.71. The zero-order chi connectivity index (χ0) is 13.2. The maximum atomic E-state index is 10.7. The lowest BCUT2D eigenvalue weighted by atomic mass is 9.95. The van der Waals surface area contributed by atoms with Crippen molar-refractivity contribution in [2.75, 3.05) is 7.11 Å². The molecule has 0 aliphatic rings. The first-order valence-corrected chi connectivity index (χ1v) is 5.92. The van der Waals surface area contributed by atoms with Crippen LogP contribution in [-0.2, 0) is 17.1 Å². The molecule has 0 spiro atoms. The molecule has 0 aliphatic heterocycles. The highest BCUT2D eigenvalue weighted by atomic mass is 35.5. The molecule has 0 saturated carbocycles. The average Bonchev–Trinajstić information content (AvgIpc) is 2.79. The molecule has 1 aromatic heterocycles. The van der Waals surface area contributed by atoms with Gasteiger partial charge in [-0.25, -0.2) is 4.98 Å². The Hall–Kier alpha value is -1.36. The second-order valence-electron chi connectivity index (χ2n) is 4.22. The zero-order valence-corrected chi connectivity index (χ0v) is 11.1. The fourth-order valence-electron chi connectivity index (χ4n) is 1.88. The van der Waals surface area contributed by atoms with E-state index in [-0.39, 0.29) is 0 Å². The highest BCUT2D eigenvalue weighted by Gasteiger charge is 2.30. The Morgan fingerprint density at radius 3 is 2.67 bits per heavy atom. The Morgan fingerprint density at radius 1 is 1.39 bits per heavy atom. The van der Waals surface area contributed by atoms with Gasteiger partial charge in [0, 0.05) is 24.5 Å². The molecule has 0 fully saturated rings. The highest BCUT2D eigenvalue weighted by molar-refractivity contribution is 6.30. The van der Waals surface area contributed by atoms with Gasteiger partial charge in [-0.3, -0.25) is 0 Å². The smallest absolute Gasteiger partial charge is 0.147 e. The van der Waals surface area contributed by atoms with Crippen LogP contribution in [0.3, 0.4) is 0 Å². The molecule has 0 amide bonds. The molecule has 0 aliphatic carbocycles. The number of aromatic nitrogens is 2. The van der Waals surface area contributed by atoms with E-state index in [9.17, 15) is 5.11 Å². The molecule has 18 heavy (non-hydrogen) atoms. The minimum atomic E-state index is -1.19. The number of ether oxygens (including phenoxy) is 1. The number of aliphatic hydroxyl groups is 1. The first kappa shape index (κ1) is 13.1. The van der Waals surface area contributed by atoms with E-state index in [2.05, 4.69) is 4.98 Å². The summed E-state index contributed by atoms with van der Waals surface area (Å²) in [4.78, 5) is 4.21. The Bertz CT molecular complexity index is 520.